The second-order valence-corrected chi connectivity index (χ2v) is 4.98. The van der Waals surface area contributed by atoms with Crippen molar-refractivity contribution in [3.8, 4) is 5.75 Å². The van der Waals surface area contributed by atoms with Gasteiger partial charge in [-0.05, 0) is 35.9 Å². The van der Waals surface area contributed by atoms with E-state index in [0.717, 1.165) is 34.4 Å². The van der Waals surface area contributed by atoms with Crippen LogP contribution >= 0.6 is 0 Å². The molecule has 0 fully saturated rings. The predicted octanol–water partition coefficient (Wildman–Crippen LogP) is 3.22. The second-order valence-electron chi connectivity index (χ2n) is 4.98. The number of pyridine rings is 1. The molecule has 0 aliphatic rings. The monoisotopic (exact) mass is 294 g/mol. The molecule has 0 aliphatic carbocycles. The molecule has 4 nitrogen and oxygen atoms in total. The number of benzene rings is 2. The minimum Gasteiger partial charge on any atom is -0.491 e. The Morgan fingerprint density at radius 2 is 1.91 bits per heavy atom. The zero-order valence-corrected chi connectivity index (χ0v) is 12.2. The van der Waals surface area contributed by atoms with E-state index in [2.05, 4.69) is 28.5 Å². The summed E-state index contributed by atoms with van der Waals surface area (Å²) in [5.41, 5.74) is 3.20. The van der Waals surface area contributed by atoms with Crippen molar-refractivity contribution in [3.05, 3.63) is 66.4 Å². The number of aromatic nitrogens is 1. The number of aliphatic hydroxyl groups excluding tert-OH is 1. The van der Waals surface area contributed by atoms with Crippen molar-refractivity contribution in [3.63, 3.8) is 0 Å². The largest absolute Gasteiger partial charge is 0.491 e. The Balaban J connectivity index is 1.63. The van der Waals surface area contributed by atoms with Crippen LogP contribution in [0.15, 0.2) is 60.8 Å². The van der Waals surface area contributed by atoms with Crippen LogP contribution in [-0.2, 0) is 6.54 Å². The summed E-state index contributed by atoms with van der Waals surface area (Å²) in [6, 6.07) is 18.0. The average molecular weight is 294 g/mol. The first-order valence-corrected chi connectivity index (χ1v) is 7.26. The number of ether oxygens (including phenoxy) is 1. The van der Waals surface area contributed by atoms with Crippen LogP contribution in [-0.4, -0.2) is 23.3 Å². The van der Waals surface area contributed by atoms with E-state index in [1.54, 1.807) is 6.20 Å². The van der Waals surface area contributed by atoms with Crippen molar-refractivity contribution in [2.75, 3.05) is 18.5 Å². The quantitative estimate of drug-likeness (QED) is 0.733. The fraction of sp³-hybridized carbons (Fsp3) is 0.167. The van der Waals surface area contributed by atoms with Gasteiger partial charge in [-0.2, -0.15) is 0 Å². The highest BCUT2D eigenvalue weighted by atomic mass is 16.5. The molecule has 0 aliphatic heterocycles. The summed E-state index contributed by atoms with van der Waals surface area (Å²) in [6.07, 6.45) is 1.80. The van der Waals surface area contributed by atoms with E-state index in [4.69, 9.17) is 9.84 Å². The van der Waals surface area contributed by atoms with Crippen LogP contribution in [0.1, 0.15) is 5.56 Å². The lowest BCUT2D eigenvalue weighted by atomic mass is 10.2. The van der Waals surface area contributed by atoms with Crippen LogP contribution in [0, 0.1) is 0 Å². The number of nitrogens with one attached hydrogen (secondary N) is 1. The second kappa shape index (κ2) is 6.91. The van der Waals surface area contributed by atoms with Crippen LogP contribution in [0.5, 0.6) is 5.75 Å². The normalized spacial score (nSPS) is 10.6. The summed E-state index contributed by atoms with van der Waals surface area (Å²) >= 11 is 0. The highest BCUT2D eigenvalue weighted by molar-refractivity contribution is 5.81. The first kappa shape index (κ1) is 14.4. The highest BCUT2D eigenvalue weighted by Gasteiger charge is 1.99. The standard InChI is InChI=1S/C18H18N2O2/c21-10-11-22-17-7-3-14(4-8-17)13-20-16-6-5-15-2-1-9-19-18(15)12-16/h1-9,12,20-21H,10-11,13H2. The molecule has 4 heteroatoms. The SMILES string of the molecule is OCCOc1ccc(CNc2ccc3cccnc3c2)cc1. The fourth-order valence-electron chi connectivity index (χ4n) is 2.25. The summed E-state index contributed by atoms with van der Waals surface area (Å²) in [4.78, 5) is 4.36. The van der Waals surface area contributed by atoms with Gasteiger partial charge in [0.05, 0.1) is 12.1 Å². The first-order chi connectivity index (χ1) is 10.8. The number of rotatable bonds is 6. The van der Waals surface area contributed by atoms with E-state index in [9.17, 15) is 0 Å². The summed E-state index contributed by atoms with van der Waals surface area (Å²) in [5.74, 6) is 0.771. The molecule has 22 heavy (non-hydrogen) atoms. The topological polar surface area (TPSA) is 54.4 Å². The van der Waals surface area contributed by atoms with Crippen molar-refractivity contribution in [1.82, 2.24) is 4.98 Å². The molecule has 2 aromatic carbocycles. The molecule has 0 amide bonds. The summed E-state index contributed by atoms with van der Waals surface area (Å²) in [7, 11) is 0. The molecule has 0 spiro atoms. The maximum Gasteiger partial charge on any atom is 0.119 e. The number of hydrogen-bond donors (Lipinski definition) is 2. The van der Waals surface area contributed by atoms with Crippen LogP contribution in [0.3, 0.4) is 0 Å². The van der Waals surface area contributed by atoms with E-state index >= 15 is 0 Å². The molecule has 3 aromatic rings. The lowest BCUT2D eigenvalue weighted by molar-refractivity contribution is 0.201. The maximum absolute atomic E-state index is 8.73. The van der Waals surface area contributed by atoms with Crippen LogP contribution in [0.4, 0.5) is 5.69 Å². The van der Waals surface area contributed by atoms with Gasteiger partial charge in [-0.15, -0.1) is 0 Å². The van der Waals surface area contributed by atoms with Crippen molar-refractivity contribution in [2.24, 2.45) is 0 Å². The zero-order valence-electron chi connectivity index (χ0n) is 12.2. The van der Waals surface area contributed by atoms with E-state index in [0.29, 0.717) is 6.61 Å². The molecular weight excluding hydrogens is 276 g/mol. The molecule has 112 valence electrons. The molecular formula is C18H18N2O2. The van der Waals surface area contributed by atoms with Crippen LogP contribution in [0.2, 0.25) is 0 Å². The molecule has 0 bridgehead atoms. The van der Waals surface area contributed by atoms with Crippen molar-refractivity contribution < 1.29 is 9.84 Å². The fourth-order valence-corrected chi connectivity index (χ4v) is 2.25. The number of anilines is 1. The van der Waals surface area contributed by atoms with Gasteiger partial charge in [0, 0.05) is 23.8 Å². The molecule has 0 saturated carbocycles. The molecule has 0 unspecified atom stereocenters. The van der Waals surface area contributed by atoms with Gasteiger partial charge >= 0.3 is 0 Å². The molecule has 0 atom stereocenters. The molecule has 1 aromatic heterocycles. The minimum absolute atomic E-state index is 0.0271. The van der Waals surface area contributed by atoms with Gasteiger partial charge in [-0.25, -0.2) is 0 Å². The highest BCUT2D eigenvalue weighted by Crippen LogP contribution is 2.18. The number of aliphatic hydroxyl groups is 1. The van der Waals surface area contributed by atoms with E-state index < -0.39 is 0 Å². The van der Waals surface area contributed by atoms with Gasteiger partial charge in [0.1, 0.15) is 12.4 Å². The van der Waals surface area contributed by atoms with Gasteiger partial charge in [0.2, 0.25) is 0 Å². The Kier molecular flexibility index (Phi) is 4.51. The van der Waals surface area contributed by atoms with E-state index in [1.807, 2.05) is 36.4 Å². The minimum atomic E-state index is 0.0271. The van der Waals surface area contributed by atoms with Gasteiger partial charge in [-0.3, -0.25) is 4.98 Å². The maximum atomic E-state index is 8.73. The Labute approximate surface area is 129 Å². The van der Waals surface area contributed by atoms with Crippen LogP contribution < -0.4 is 10.1 Å². The summed E-state index contributed by atoms with van der Waals surface area (Å²) < 4.78 is 5.34. The number of nitrogens with zero attached hydrogens (tertiary/aromatic N) is 1. The lowest BCUT2D eigenvalue weighted by Crippen LogP contribution is -2.02. The Morgan fingerprint density at radius 1 is 1.05 bits per heavy atom. The predicted molar refractivity (Wildman–Crippen MR) is 88.1 cm³/mol. The van der Waals surface area contributed by atoms with Crippen molar-refractivity contribution in [2.45, 2.75) is 6.54 Å². The molecule has 2 N–H and O–H groups in total. The first-order valence-electron chi connectivity index (χ1n) is 7.26. The average Bonchev–Trinajstić information content (AvgIpc) is 2.59. The number of fused-ring (bicyclic) bond motifs is 1. The lowest BCUT2D eigenvalue weighted by Gasteiger charge is -2.09. The van der Waals surface area contributed by atoms with E-state index in [1.165, 1.54) is 0 Å². The van der Waals surface area contributed by atoms with Crippen molar-refractivity contribution in [1.29, 1.82) is 0 Å². The van der Waals surface area contributed by atoms with Gasteiger partial charge in [-0.1, -0.05) is 24.3 Å². The zero-order chi connectivity index (χ0) is 15.2. The molecule has 0 radical (unpaired) electrons. The van der Waals surface area contributed by atoms with Gasteiger partial charge in [0.25, 0.3) is 0 Å². The summed E-state index contributed by atoms with van der Waals surface area (Å²) in [5, 5.41) is 13.3. The third kappa shape index (κ3) is 3.54. The Morgan fingerprint density at radius 3 is 2.73 bits per heavy atom. The summed E-state index contributed by atoms with van der Waals surface area (Å²) in [6.45, 7) is 1.08. The Hall–Kier alpha value is -2.59. The Bertz CT molecular complexity index is 741. The molecule has 0 saturated heterocycles. The van der Waals surface area contributed by atoms with Crippen molar-refractivity contribution >= 4 is 16.6 Å². The smallest absolute Gasteiger partial charge is 0.119 e. The third-order valence-electron chi connectivity index (χ3n) is 3.39. The van der Waals surface area contributed by atoms with E-state index in [-0.39, 0.29) is 6.61 Å². The van der Waals surface area contributed by atoms with Gasteiger partial charge in [0.15, 0.2) is 0 Å². The van der Waals surface area contributed by atoms with Crippen LogP contribution in [0.25, 0.3) is 10.9 Å². The van der Waals surface area contributed by atoms with Gasteiger partial charge < -0.3 is 15.2 Å². The third-order valence-corrected chi connectivity index (χ3v) is 3.39. The number of hydrogen-bond acceptors (Lipinski definition) is 4. The molecule has 3 rings (SSSR count). The molecule has 1 heterocycles.